The van der Waals surface area contributed by atoms with E-state index in [1.165, 1.54) is 6.92 Å². The van der Waals surface area contributed by atoms with Gasteiger partial charge in [0.15, 0.2) is 12.4 Å². The van der Waals surface area contributed by atoms with Gasteiger partial charge >= 0.3 is 5.82 Å². The monoisotopic (exact) mass is 132 g/mol. The Morgan fingerprint density at radius 1 is 1.56 bits per heavy atom. The summed E-state index contributed by atoms with van der Waals surface area (Å²) in [5.74, 6) is -0.664. The van der Waals surface area contributed by atoms with Crippen LogP contribution in [0.15, 0.2) is 13.6 Å². The Balaban J connectivity index is 3.16. The molecule has 0 N–H and O–H groups in total. The maximum atomic E-state index is 11.7. The van der Waals surface area contributed by atoms with E-state index >= 15 is 0 Å². The molecule has 50 valence electrons. The van der Waals surface area contributed by atoms with Gasteiger partial charge in [0.1, 0.15) is 5.76 Å². The summed E-state index contributed by atoms with van der Waals surface area (Å²) in [5, 5.41) is 0. The van der Waals surface area contributed by atoms with E-state index in [0.717, 1.165) is 0 Å². The molecule has 9 heavy (non-hydrogen) atoms. The van der Waals surface area contributed by atoms with Crippen molar-refractivity contribution >= 4 is 0 Å². The number of hydrogen-bond acceptors (Lipinski definition) is 3. The third-order valence-corrected chi connectivity index (χ3v) is 0.957. The van der Waals surface area contributed by atoms with Crippen LogP contribution in [0.5, 0.6) is 0 Å². The largest absolute Gasteiger partial charge is 0.519 e. The van der Waals surface area contributed by atoms with Crippen LogP contribution in [-0.4, -0.2) is 0 Å². The van der Waals surface area contributed by atoms with Gasteiger partial charge in [0.25, 0.3) is 0 Å². The van der Waals surface area contributed by atoms with Gasteiger partial charge < -0.3 is 8.83 Å². The van der Waals surface area contributed by atoms with Crippen molar-refractivity contribution in [3.8, 4) is 0 Å². The molecule has 1 aromatic heterocycles. The summed E-state index contributed by atoms with van der Waals surface area (Å²) in [6.07, 6.45) is 0. The normalized spacial score (nSPS) is 10.0. The molecule has 0 aliphatic rings. The molecule has 0 saturated heterocycles. The van der Waals surface area contributed by atoms with Gasteiger partial charge in [0, 0.05) is 0 Å². The molecule has 0 aromatic carbocycles. The van der Waals surface area contributed by atoms with Crippen LogP contribution in [0.25, 0.3) is 0 Å². The van der Waals surface area contributed by atoms with Gasteiger partial charge in [-0.05, 0) is 6.92 Å². The smallest absolute Gasteiger partial charge is 0.396 e. The fourth-order valence-corrected chi connectivity index (χ4v) is 0.497. The van der Waals surface area contributed by atoms with Crippen LogP contribution in [0, 0.1) is 6.92 Å². The van der Waals surface area contributed by atoms with E-state index in [9.17, 15) is 9.18 Å². The topological polar surface area (TPSA) is 43.4 Å². The zero-order valence-electron chi connectivity index (χ0n) is 4.81. The summed E-state index contributed by atoms with van der Waals surface area (Å²) >= 11 is 0. The van der Waals surface area contributed by atoms with Crippen molar-refractivity contribution in [1.82, 2.24) is 0 Å². The lowest BCUT2D eigenvalue weighted by molar-refractivity contribution is 0.344. The molecule has 0 spiro atoms. The van der Waals surface area contributed by atoms with Crippen molar-refractivity contribution in [3.05, 3.63) is 22.1 Å². The Labute approximate surface area is 50.1 Å². The second-order valence-corrected chi connectivity index (χ2v) is 1.57. The lowest BCUT2D eigenvalue weighted by Gasteiger charge is -1.80. The minimum absolute atomic E-state index is 0.0278. The summed E-state index contributed by atoms with van der Waals surface area (Å²) in [6.45, 7) is 0.678. The van der Waals surface area contributed by atoms with Crippen LogP contribution in [-0.2, 0) is 6.67 Å². The average Bonchev–Trinajstić information content (AvgIpc) is 2.10. The highest BCUT2D eigenvalue weighted by Crippen LogP contribution is 2.04. The van der Waals surface area contributed by atoms with Crippen molar-refractivity contribution in [2.75, 3.05) is 0 Å². The van der Waals surface area contributed by atoms with E-state index in [4.69, 9.17) is 0 Å². The van der Waals surface area contributed by atoms with Gasteiger partial charge in [-0.25, -0.2) is 9.18 Å². The predicted molar refractivity (Wildman–Crippen MR) is 26.8 cm³/mol. The third-order valence-electron chi connectivity index (χ3n) is 0.957. The predicted octanol–water partition coefficient (Wildman–Crippen LogP) is 1.01. The first-order valence-electron chi connectivity index (χ1n) is 2.39. The molecule has 4 heteroatoms. The second kappa shape index (κ2) is 2.05. The standard InChI is InChI=1S/C5H5FO3/c1-3-4(2-6)9-5(7)8-3/h2H2,1H3. The van der Waals surface area contributed by atoms with E-state index in [1.54, 1.807) is 0 Å². The van der Waals surface area contributed by atoms with Gasteiger partial charge in [-0.15, -0.1) is 0 Å². The quantitative estimate of drug-likeness (QED) is 0.572. The van der Waals surface area contributed by atoms with Crippen molar-refractivity contribution in [2.24, 2.45) is 0 Å². The SMILES string of the molecule is Cc1oc(=O)oc1CF. The lowest BCUT2D eigenvalue weighted by Crippen LogP contribution is -1.85. The first-order chi connectivity index (χ1) is 4.24. The van der Waals surface area contributed by atoms with Crippen LogP contribution >= 0.6 is 0 Å². The number of halogens is 1. The molecule has 0 aliphatic heterocycles. The Hall–Kier alpha value is -1.06. The molecule has 0 radical (unpaired) electrons. The average molecular weight is 132 g/mol. The van der Waals surface area contributed by atoms with Crippen LogP contribution in [0.2, 0.25) is 0 Å². The minimum Gasteiger partial charge on any atom is -0.396 e. The molecule has 0 aliphatic carbocycles. The van der Waals surface area contributed by atoms with Gasteiger partial charge in [-0.1, -0.05) is 0 Å². The molecular weight excluding hydrogens is 127 g/mol. The summed E-state index contributed by atoms with van der Waals surface area (Å²) in [7, 11) is 0. The summed E-state index contributed by atoms with van der Waals surface area (Å²) < 4.78 is 20.3. The molecule has 0 amide bonds. The van der Waals surface area contributed by atoms with Crippen LogP contribution < -0.4 is 5.82 Å². The molecule has 1 heterocycles. The number of aryl methyl sites for hydroxylation is 1. The Morgan fingerprint density at radius 3 is 2.44 bits per heavy atom. The van der Waals surface area contributed by atoms with E-state index in [2.05, 4.69) is 8.83 Å². The van der Waals surface area contributed by atoms with Crippen molar-refractivity contribution < 1.29 is 13.2 Å². The lowest BCUT2D eigenvalue weighted by atomic mass is 10.4. The molecule has 0 unspecified atom stereocenters. The molecule has 1 aromatic rings. The maximum Gasteiger partial charge on any atom is 0.519 e. The Kier molecular flexibility index (Phi) is 1.38. The Morgan fingerprint density at radius 2 is 2.22 bits per heavy atom. The third kappa shape index (κ3) is 1.01. The minimum atomic E-state index is -0.847. The maximum absolute atomic E-state index is 11.7. The molecule has 0 bridgehead atoms. The van der Waals surface area contributed by atoms with E-state index in [-0.39, 0.29) is 11.5 Å². The van der Waals surface area contributed by atoms with E-state index in [0.29, 0.717) is 0 Å². The fraction of sp³-hybridized carbons (Fsp3) is 0.400. The second-order valence-electron chi connectivity index (χ2n) is 1.57. The van der Waals surface area contributed by atoms with Gasteiger partial charge in [0.2, 0.25) is 0 Å². The highest BCUT2D eigenvalue weighted by Gasteiger charge is 2.05. The van der Waals surface area contributed by atoms with Crippen LogP contribution in [0.4, 0.5) is 4.39 Å². The van der Waals surface area contributed by atoms with Crippen LogP contribution in [0.1, 0.15) is 11.5 Å². The zero-order valence-corrected chi connectivity index (χ0v) is 4.81. The summed E-state index contributed by atoms with van der Waals surface area (Å²) in [5.41, 5.74) is 0. The molecule has 0 saturated carbocycles. The summed E-state index contributed by atoms with van der Waals surface area (Å²) in [6, 6.07) is 0. The Bertz CT molecular complexity index is 247. The molecule has 0 fully saturated rings. The van der Waals surface area contributed by atoms with Gasteiger partial charge in [0.05, 0.1) is 0 Å². The molecule has 1 rings (SSSR count). The zero-order chi connectivity index (χ0) is 6.85. The van der Waals surface area contributed by atoms with Crippen molar-refractivity contribution in [3.63, 3.8) is 0 Å². The van der Waals surface area contributed by atoms with E-state index in [1.807, 2.05) is 0 Å². The summed E-state index contributed by atoms with van der Waals surface area (Å²) in [4.78, 5) is 10.2. The highest BCUT2D eigenvalue weighted by molar-refractivity contribution is 4.97. The number of alkyl halides is 1. The van der Waals surface area contributed by atoms with Crippen LogP contribution in [0.3, 0.4) is 0 Å². The van der Waals surface area contributed by atoms with Crippen molar-refractivity contribution in [1.29, 1.82) is 0 Å². The van der Waals surface area contributed by atoms with Gasteiger partial charge in [-0.3, -0.25) is 0 Å². The first kappa shape index (κ1) is 6.07. The number of hydrogen-bond donors (Lipinski definition) is 0. The van der Waals surface area contributed by atoms with Crippen molar-refractivity contribution in [2.45, 2.75) is 13.6 Å². The van der Waals surface area contributed by atoms with Gasteiger partial charge in [-0.2, -0.15) is 0 Å². The molecule has 3 nitrogen and oxygen atoms in total. The first-order valence-corrected chi connectivity index (χ1v) is 2.39. The molecule has 0 atom stereocenters. The van der Waals surface area contributed by atoms with E-state index < -0.39 is 12.5 Å². The highest BCUT2D eigenvalue weighted by atomic mass is 19.1. The number of rotatable bonds is 1. The fourth-order valence-electron chi connectivity index (χ4n) is 0.497. The molecular formula is C5H5FO3.